The fourth-order valence-corrected chi connectivity index (χ4v) is 2.46. The van der Waals surface area contributed by atoms with Crippen molar-refractivity contribution in [3.63, 3.8) is 0 Å². The predicted octanol–water partition coefficient (Wildman–Crippen LogP) is 0.937. The first-order chi connectivity index (χ1) is 9.11. The molecular weight excluding hydrogens is 246 g/mol. The van der Waals surface area contributed by atoms with Crippen molar-refractivity contribution < 1.29 is 14.1 Å². The smallest absolute Gasteiger partial charge is 0.273 e. The van der Waals surface area contributed by atoms with Crippen LogP contribution in [0.15, 0.2) is 10.6 Å². The Morgan fingerprint density at radius 3 is 3.11 bits per heavy atom. The zero-order valence-electron chi connectivity index (χ0n) is 11.6. The molecule has 1 aliphatic rings. The SMILES string of the molecule is COCc1cc(C(=O)NC2C(C)CCNC2C)no1. The molecule has 1 amide bonds. The van der Waals surface area contributed by atoms with E-state index in [1.54, 1.807) is 13.2 Å². The third-order valence-corrected chi connectivity index (χ3v) is 3.59. The van der Waals surface area contributed by atoms with Gasteiger partial charge in [-0.2, -0.15) is 0 Å². The number of ether oxygens (including phenoxy) is 1. The van der Waals surface area contributed by atoms with Crippen LogP contribution in [0.3, 0.4) is 0 Å². The van der Waals surface area contributed by atoms with Gasteiger partial charge in [0, 0.05) is 25.3 Å². The van der Waals surface area contributed by atoms with E-state index < -0.39 is 0 Å². The Balaban J connectivity index is 1.99. The average Bonchev–Trinajstić information content (AvgIpc) is 2.83. The van der Waals surface area contributed by atoms with Gasteiger partial charge in [-0.15, -0.1) is 0 Å². The van der Waals surface area contributed by atoms with Gasteiger partial charge in [0.25, 0.3) is 5.91 Å². The van der Waals surface area contributed by atoms with Crippen molar-refractivity contribution in [1.82, 2.24) is 15.8 Å². The molecule has 0 aromatic carbocycles. The predicted molar refractivity (Wildman–Crippen MR) is 69.7 cm³/mol. The molecule has 3 atom stereocenters. The molecule has 2 heterocycles. The average molecular weight is 267 g/mol. The lowest BCUT2D eigenvalue weighted by molar-refractivity contribution is 0.0887. The van der Waals surface area contributed by atoms with Crippen LogP contribution in [0.5, 0.6) is 0 Å². The van der Waals surface area contributed by atoms with E-state index in [0.29, 0.717) is 24.0 Å². The Labute approximate surface area is 112 Å². The second-order valence-electron chi connectivity index (χ2n) is 5.12. The molecular formula is C13H21N3O3. The molecule has 2 rings (SSSR count). The standard InChI is InChI=1S/C13H21N3O3/c1-8-4-5-14-9(2)12(8)15-13(17)11-6-10(7-18-3)19-16-11/h6,8-9,12,14H,4-5,7H2,1-3H3,(H,15,17). The Morgan fingerprint density at radius 2 is 2.42 bits per heavy atom. The summed E-state index contributed by atoms with van der Waals surface area (Å²) in [6, 6.07) is 1.99. The first-order valence-electron chi connectivity index (χ1n) is 6.60. The molecule has 2 N–H and O–H groups in total. The minimum Gasteiger partial charge on any atom is -0.377 e. The minimum atomic E-state index is -0.196. The zero-order chi connectivity index (χ0) is 13.8. The van der Waals surface area contributed by atoms with Crippen LogP contribution in [-0.4, -0.2) is 36.8 Å². The molecule has 1 aliphatic heterocycles. The lowest BCUT2D eigenvalue weighted by atomic mass is 9.89. The van der Waals surface area contributed by atoms with E-state index in [1.807, 2.05) is 0 Å². The van der Waals surface area contributed by atoms with Crippen LogP contribution < -0.4 is 10.6 Å². The number of nitrogens with zero attached hydrogens (tertiary/aromatic N) is 1. The van der Waals surface area contributed by atoms with E-state index in [0.717, 1.165) is 13.0 Å². The van der Waals surface area contributed by atoms with E-state index in [2.05, 4.69) is 29.6 Å². The van der Waals surface area contributed by atoms with Gasteiger partial charge in [-0.3, -0.25) is 4.79 Å². The molecule has 19 heavy (non-hydrogen) atoms. The third kappa shape index (κ3) is 3.33. The van der Waals surface area contributed by atoms with E-state index in [1.165, 1.54) is 0 Å². The number of amides is 1. The van der Waals surface area contributed by atoms with Crippen LogP contribution in [0.1, 0.15) is 36.5 Å². The highest BCUT2D eigenvalue weighted by atomic mass is 16.5. The molecule has 0 radical (unpaired) electrons. The van der Waals surface area contributed by atoms with Crippen molar-refractivity contribution in [2.45, 2.75) is 39.0 Å². The van der Waals surface area contributed by atoms with Gasteiger partial charge >= 0.3 is 0 Å². The molecule has 0 bridgehead atoms. The molecule has 0 aliphatic carbocycles. The third-order valence-electron chi connectivity index (χ3n) is 3.59. The first-order valence-corrected chi connectivity index (χ1v) is 6.60. The van der Waals surface area contributed by atoms with E-state index in [9.17, 15) is 4.79 Å². The molecule has 1 fully saturated rings. The van der Waals surface area contributed by atoms with E-state index in [4.69, 9.17) is 9.26 Å². The second-order valence-corrected chi connectivity index (χ2v) is 5.12. The van der Waals surface area contributed by atoms with Gasteiger partial charge in [0.15, 0.2) is 11.5 Å². The number of methoxy groups -OCH3 is 1. The van der Waals surface area contributed by atoms with Crippen molar-refractivity contribution in [2.24, 2.45) is 5.92 Å². The topological polar surface area (TPSA) is 76.4 Å². The quantitative estimate of drug-likeness (QED) is 0.849. The van der Waals surface area contributed by atoms with Gasteiger partial charge in [-0.1, -0.05) is 12.1 Å². The van der Waals surface area contributed by atoms with E-state index in [-0.39, 0.29) is 18.0 Å². The summed E-state index contributed by atoms with van der Waals surface area (Å²) < 4.78 is 9.95. The second kappa shape index (κ2) is 6.16. The maximum Gasteiger partial charge on any atom is 0.273 e. The van der Waals surface area contributed by atoms with Crippen LogP contribution in [0.25, 0.3) is 0 Å². The van der Waals surface area contributed by atoms with Gasteiger partial charge in [0.05, 0.1) is 0 Å². The zero-order valence-corrected chi connectivity index (χ0v) is 11.6. The van der Waals surface area contributed by atoms with Crippen LogP contribution in [-0.2, 0) is 11.3 Å². The number of aromatic nitrogens is 1. The minimum absolute atomic E-state index is 0.115. The fourth-order valence-electron chi connectivity index (χ4n) is 2.46. The van der Waals surface area contributed by atoms with Crippen molar-refractivity contribution in [2.75, 3.05) is 13.7 Å². The molecule has 3 unspecified atom stereocenters. The van der Waals surface area contributed by atoms with Gasteiger partial charge in [0.1, 0.15) is 6.61 Å². The van der Waals surface area contributed by atoms with Gasteiger partial charge in [-0.25, -0.2) is 0 Å². The lowest BCUT2D eigenvalue weighted by Gasteiger charge is -2.35. The summed E-state index contributed by atoms with van der Waals surface area (Å²) in [5.41, 5.74) is 0.303. The van der Waals surface area contributed by atoms with Crippen molar-refractivity contribution >= 4 is 5.91 Å². The summed E-state index contributed by atoms with van der Waals surface area (Å²) in [6.07, 6.45) is 1.06. The number of carbonyl (C=O) groups excluding carboxylic acids is 1. The number of nitrogens with one attached hydrogen (secondary N) is 2. The molecule has 0 saturated carbocycles. The van der Waals surface area contributed by atoms with Crippen LogP contribution in [0.2, 0.25) is 0 Å². The highest BCUT2D eigenvalue weighted by Gasteiger charge is 2.29. The van der Waals surface area contributed by atoms with Crippen LogP contribution >= 0.6 is 0 Å². The number of hydrogen-bond donors (Lipinski definition) is 2. The fraction of sp³-hybridized carbons (Fsp3) is 0.692. The molecule has 1 aromatic rings. The summed E-state index contributed by atoms with van der Waals surface area (Å²) in [6.45, 7) is 5.55. The highest BCUT2D eigenvalue weighted by Crippen LogP contribution is 2.17. The normalized spacial score (nSPS) is 27.2. The maximum absolute atomic E-state index is 12.1. The maximum atomic E-state index is 12.1. The summed E-state index contributed by atoms with van der Waals surface area (Å²) in [7, 11) is 1.57. The Morgan fingerprint density at radius 1 is 1.63 bits per heavy atom. The van der Waals surface area contributed by atoms with Gasteiger partial charge < -0.3 is 19.9 Å². The number of carbonyl (C=O) groups is 1. The van der Waals surface area contributed by atoms with Crippen LogP contribution in [0.4, 0.5) is 0 Å². The van der Waals surface area contributed by atoms with Crippen LogP contribution in [0, 0.1) is 5.92 Å². The Bertz CT molecular complexity index is 423. The number of piperidine rings is 1. The first kappa shape index (κ1) is 14.0. The summed E-state index contributed by atoms with van der Waals surface area (Å²) >= 11 is 0. The van der Waals surface area contributed by atoms with E-state index >= 15 is 0 Å². The summed E-state index contributed by atoms with van der Waals surface area (Å²) in [5, 5.41) is 10.2. The van der Waals surface area contributed by atoms with Gasteiger partial charge in [-0.05, 0) is 25.8 Å². The highest BCUT2D eigenvalue weighted by molar-refractivity contribution is 5.92. The monoisotopic (exact) mass is 267 g/mol. The largest absolute Gasteiger partial charge is 0.377 e. The molecule has 6 heteroatoms. The van der Waals surface area contributed by atoms with Crippen molar-refractivity contribution in [3.05, 3.63) is 17.5 Å². The summed E-state index contributed by atoms with van der Waals surface area (Å²) in [4.78, 5) is 12.1. The Hall–Kier alpha value is -1.40. The van der Waals surface area contributed by atoms with Crippen molar-refractivity contribution in [1.29, 1.82) is 0 Å². The number of rotatable bonds is 4. The Kier molecular flexibility index (Phi) is 4.55. The molecule has 0 spiro atoms. The molecule has 1 saturated heterocycles. The lowest BCUT2D eigenvalue weighted by Crippen LogP contribution is -2.55. The van der Waals surface area contributed by atoms with Crippen molar-refractivity contribution in [3.8, 4) is 0 Å². The molecule has 6 nitrogen and oxygen atoms in total. The van der Waals surface area contributed by atoms with Gasteiger partial charge in [0.2, 0.25) is 0 Å². The molecule has 106 valence electrons. The number of hydrogen-bond acceptors (Lipinski definition) is 5. The summed E-state index contributed by atoms with van der Waals surface area (Å²) in [5.74, 6) is 0.805. The molecule has 1 aromatic heterocycles.